The monoisotopic (exact) mass is 250 g/mol. The maximum atomic E-state index is 12.0. The molecule has 1 aromatic heterocycles. The SMILES string of the molecule is Cc1ccc(Cc2nc3ccccc3[nH]c2=O)cc1. The Morgan fingerprint density at radius 3 is 2.58 bits per heavy atom. The highest BCUT2D eigenvalue weighted by molar-refractivity contribution is 5.73. The van der Waals surface area contributed by atoms with Crippen LogP contribution in [0, 0.1) is 6.92 Å². The zero-order valence-electron chi connectivity index (χ0n) is 10.7. The van der Waals surface area contributed by atoms with E-state index in [0.29, 0.717) is 12.1 Å². The fourth-order valence-electron chi connectivity index (χ4n) is 2.09. The number of benzene rings is 2. The van der Waals surface area contributed by atoms with Gasteiger partial charge in [-0.25, -0.2) is 4.98 Å². The molecule has 0 atom stereocenters. The van der Waals surface area contributed by atoms with Gasteiger partial charge >= 0.3 is 0 Å². The topological polar surface area (TPSA) is 45.8 Å². The van der Waals surface area contributed by atoms with E-state index in [9.17, 15) is 4.79 Å². The van der Waals surface area contributed by atoms with E-state index in [2.05, 4.69) is 9.97 Å². The molecule has 3 rings (SSSR count). The van der Waals surface area contributed by atoms with Gasteiger partial charge in [0.2, 0.25) is 0 Å². The summed E-state index contributed by atoms with van der Waals surface area (Å²) in [5, 5.41) is 0. The first kappa shape index (κ1) is 11.7. The average molecular weight is 250 g/mol. The number of nitrogens with zero attached hydrogens (tertiary/aromatic N) is 1. The Balaban J connectivity index is 2.03. The summed E-state index contributed by atoms with van der Waals surface area (Å²) in [6.45, 7) is 2.05. The summed E-state index contributed by atoms with van der Waals surface area (Å²) >= 11 is 0. The molecule has 0 aliphatic heterocycles. The largest absolute Gasteiger partial charge is 0.319 e. The molecule has 0 unspecified atom stereocenters. The molecule has 0 radical (unpaired) electrons. The molecular formula is C16H14N2O. The quantitative estimate of drug-likeness (QED) is 0.760. The molecule has 1 N–H and O–H groups in total. The summed E-state index contributed by atoms with van der Waals surface area (Å²) in [4.78, 5) is 19.3. The summed E-state index contributed by atoms with van der Waals surface area (Å²) in [5.74, 6) is 0. The second-order valence-corrected chi connectivity index (χ2v) is 4.69. The predicted octanol–water partition coefficient (Wildman–Crippen LogP) is 2.82. The Bertz CT molecular complexity index is 773. The highest BCUT2D eigenvalue weighted by atomic mass is 16.1. The van der Waals surface area contributed by atoms with E-state index in [4.69, 9.17) is 0 Å². The Morgan fingerprint density at radius 1 is 1.05 bits per heavy atom. The lowest BCUT2D eigenvalue weighted by atomic mass is 10.1. The lowest BCUT2D eigenvalue weighted by molar-refractivity contribution is 1.03. The lowest BCUT2D eigenvalue weighted by Crippen LogP contribution is -2.15. The smallest absolute Gasteiger partial charge is 0.270 e. The molecule has 0 amide bonds. The van der Waals surface area contributed by atoms with Gasteiger partial charge in [-0.1, -0.05) is 42.0 Å². The van der Waals surface area contributed by atoms with E-state index >= 15 is 0 Å². The molecule has 0 saturated carbocycles. The first-order valence-corrected chi connectivity index (χ1v) is 6.26. The van der Waals surface area contributed by atoms with Crippen LogP contribution in [0.2, 0.25) is 0 Å². The molecule has 0 aliphatic carbocycles. The summed E-state index contributed by atoms with van der Waals surface area (Å²) in [5.41, 5.74) is 4.36. The molecule has 0 fully saturated rings. The number of fused-ring (bicyclic) bond motifs is 1. The van der Waals surface area contributed by atoms with Crippen molar-refractivity contribution < 1.29 is 0 Å². The summed E-state index contributed by atoms with van der Waals surface area (Å²) in [6, 6.07) is 15.7. The average Bonchev–Trinajstić information content (AvgIpc) is 2.42. The zero-order valence-corrected chi connectivity index (χ0v) is 10.7. The van der Waals surface area contributed by atoms with Crippen molar-refractivity contribution in [1.82, 2.24) is 9.97 Å². The number of para-hydroxylation sites is 2. The molecule has 0 saturated heterocycles. The molecule has 0 bridgehead atoms. The number of H-pyrrole nitrogens is 1. The standard InChI is InChI=1S/C16H14N2O/c1-11-6-8-12(9-7-11)10-15-16(19)18-14-5-3-2-4-13(14)17-15/h2-9H,10H2,1H3,(H,18,19). The third-order valence-electron chi connectivity index (χ3n) is 3.16. The summed E-state index contributed by atoms with van der Waals surface area (Å²) < 4.78 is 0. The minimum Gasteiger partial charge on any atom is -0.319 e. The fourth-order valence-corrected chi connectivity index (χ4v) is 2.09. The molecule has 2 aromatic carbocycles. The molecule has 0 spiro atoms. The molecule has 94 valence electrons. The van der Waals surface area contributed by atoms with E-state index in [-0.39, 0.29) is 5.56 Å². The van der Waals surface area contributed by atoms with Crippen LogP contribution in [0.15, 0.2) is 53.3 Å². The van der Waals surface area contributed by atoms with Crippen molar-refractivity contribution in [3.63, 3.8) is 0 Å². The minimum atomic E-state index is -0.112. The molecule has 3 aromatic rings. The van der Waals surface area contributed by atoms with Gasteiger partial charge in [0.25, 0.3) is 5.56 Å². The Morgan fingerprint density at radius 2 is 1.79 bits per heavy atom. The van der Waals surface area contributed by atoms with E-state index in [1.54, 1.807) is 0 Å². The second-order valence-electron chi connectivity index (χ2n) is 4.69. The first-order chi connectivity index (χ1) is 9.22. The molecular weight excluding hydrogens is 236 g/mol. The Labute approximate surface area is 111 Å². The van der Waals surface area contributed by atoms with Gasteiger partial charge in [-0.2, -0.15) is 0 Å². The number of aromatic nitrogens is 2. The summed E-state index contributed by atoms with van der Waals surface area (Å²) in [7, 11) is 0. The van der Waals surface area contributed by atoms with Gasteiger partial charge in [0.05, 0.1) is 11.0 Å². The molecule has 1 heterocycles. The Kier molecular flexibility index (Phi) is 2.88. The van der Waals surface area contributed by atoms with Crippen molar-refractivity contribution in [3.8, 4) is 0 Å². The van der Waals surface area contributed by atoms with Gasteiger partial charge in [-0.05, 0) is 24.6 Å². The van der Waals surface area contributed by atoms with Crippen LogP contribution in [0.3, 0.4) is 0 Å². The van der Waals surface area contributed by atoms with Crippen LogP contribution in [0.5, 0.6) is 0 Å². The van der Waals surface area contributed by atoms with Crippen LogP contribution in [-0.2, 0) is 6.42 Å². The van der Waals surface area contributed by atoms with Crippen LogP contribution in [-0.4, -0.2) is 9.97 Å². The van der Waals surface area contributed by atoms with Crippen molar-refractivity contribution >= 4 is 11.0 Å². The first-order valence-electron chi connectivity index (χ1n) is 6.26. The van der Waals surface area contributed by atoms with Crippen LogP contribution in [0.1, 0.15) is 16.8 Å². The predicted molar refractivity (Wildman–Crippen MR) is 76.3 cm³/mol. The van der Waals surface area contributed by atoms with Crippen molar-refractivity contribution in [2.24, 2.45) is 0 Å². The third-order valence-corrected chi connectivity index (χ3v) is 3.16. The number of aryl methyl sites for hydroxylation is 1. The van der Waals surface area contributed by atoms with Crippen molar-refractivity contribution in [2.45, 2.75) is 13.3 Å². The zero-order chi connectivity index (χ0) is 13.2. The van der Waals surface area contributed by atoms with E-state index < -0.39 is 0 Å². The van der Waals surface area contributed by atoms with Crippen LogP contribution in [0.4, 0.5) is 0 Å². The van der Waals surface area contributed by atoms with Crippen molar-refractivity contribution in [2.75, 3.05) is 0 Å². The van der Waals surface area contributed by atoms with Gasteiger partial charge in [-0.15, -0.1) is 0 Å². The number of rotatable bonds is 2. The van der Waals surface area contributed by atoms with Crippen LogP contribution in [0.25, 0.3) is 11.0 Å². The number of hydrogen-bond acceptors (Lipinski definition) is 2. The normalized spacial score (nSPS) is 10.8. The molecule has 3 nitrogen and oxygen atoms in total. The van der Waals surface area contributed by atoms with Crippen molar-refractivity contribution in [1.29, 1.82) is 0 Å². The van der Waals surface area contributed by atoms with Crippen LogP contribution < -0.4 is 5.56 Å². The second kappa shape index (κ2) is 4.69. The minimum absolute atomic E-state index is 0.112. The maximum absolute atomic E-state index is 12.0. The number of nitrogens with one attached hydrogen (secondary N) is 1. The summed E-state index contributed by atoms with van der Waals surface area (Å²) in [6.07, 6.45) is 0.556. The van der Waals surface area contributed by atoms with Gasteiger partial charge in [0, 0.05) is 6.42 Å². The molecule has 19 heavy (non-hydrogen) atoms. The van der Waals surface area contributed by atoms with Gasteiger partial charge < -0.3 is 4.98 Å². The van der Waals surface area contributed by atoms with E-state index in [1.807, 2.05) is 55.5 Å². The number of aromatic amines is 1. The highest BCUT2D eigenvalue weighted by Crippen LogP contribution is 2.10. The number of hydrogen-bond donors (Lipinski definition) is 1. The van der Waals surface area contributed by atoms with Gasteiger partial charge in [0.1, 0.15) is 5.69 Å². The third kappa shape index (κ3) is 2.40. The lowest BCUT2D eigenvalue weighted by Gasteiger charge is -2.03. The maximum Gasteiger partial charge on any atom is 0.270 e. The van der Waals surface area contributed by atoms with E-state index in [0.717, 1.165) is 16.6 Å². The highest BCUT2D eigenvalue weighted by Gasteiger charge is 2.05. The van der Waals surface area contributed by atoms with Crippen molar-refractivity contribution in [3.05, 3.63) is 75.7 Å². The van der Waals surface area contributed by atoms with Gasteiger partial charge in [-0.3, -0.25) is 4.79 Å². The van der Waals surface area contributed by atoms with Gasteiger partial charge in [0.15, 0.2) is 0 Å². The Hall–Kier alpha value is -2.42. The fraction of sp³-hybridized carbons (Fsp3) is 0.125. The molecule has 3 heteroatoms. The molecule has 0 aliphatic rings. The van der Waals surface area contributed by atoms with E-state index in [1.165, 1.54) is 5.56 Å². The van der Waals surface area contributed by atoms with Crippen LogP contribution >= 0.6 is 0 Å².